The molecular formula is C18H25NO2. The highest BCUT2D eigenvalue weighted by Gasteiger charge is 2.32. The van der Waals surface area contributed by atoms with Crippen LogP contribution in [0.1, 0.15) is 37.2 Å². The normalized spacial score (nSPS) is 19.5. The lowest BCUT2D eigenvalue weighted by atomic mass is 9.98. The zero-order valence-electron chi connectivity index (χ0n) is 12.8. The van der Waals surface area contributed by atoms with Gasteiger partial charge in [-0.25, -0.2) is 0 Å². The van der Waals surface area contributed by atoms with E-state index in [0.717, 1.165) is 37.0 Å². The molecule has 1 aromatic rings. The third-order valence-corrected chi connectivity index (χ3v) is 4.56. The molecule has 0 aromatic heterocycles. The first kappa shape index (κ1) is 14.6. The van der Waals surface area contributed by atoms with Gasteiger partial charge in [0.25, 0.3) is 0 Å². The van der Waals surface area contributed by atoms with Gasteiger partial charge in [0.15, 0.2) is 0 Å². The number of benzene rings is 1. The van der Waals surface area contributed by atoms with Gasteiger partial charge in [-0.2, -0.15) is 0 Å². The van der Waals surface area contributed by atoms with Crippen LogP contribution in [0.25, 0.3) is 0 Å². The summed E-state index contributed by atoms with van der Waals surface area (Å²) in [4.78, 5) is 14.7. The van der Waals surface area contributed by atoms with E-state index in [4.69, 9.17) is 4.74 Å². The van der Waals surface area contributed by atoms with Gasteiger partial charge in [-0.1, -0.05) is 30.3 Å². The van der Waals surface area contributed by atoms with Gasteiger partial charge in [0.2, 0.25) is 0 Å². The van der Waals surface area contributed by atoms with Gasteiger partial charge in [0, 0.05) is 19.6 Å². The molecule has 3 heteroatoms. The fourth-order valence-corrected chi connectivity index (χ4v) is 2.96. The number of rotatable bonds is 8. The van der Waals surface area contributed by atoms with E-state index in [9.17, 15) is 4.79 Å². The first-order valence-electron chi connectivity index (χ1n) is 8.11. The lowest BCUT2D eigenvalue weighted by Gasteiger charge is -2.26. The smallest absolute Gasteiger partial charge is 0.314 e. The molecule has 1 unspecified atom stereocenters. The van der Waals surface area contributed by atoms with Crippen LogP contribution < -0.4 is 0 Å². The molecule has 1 atom stereocenters. The number of methoxy groups -OCH3 is 1. The summed E-state index contributed by atoms with van der Waals surface area (Å²) < 4.78 is 5.04. The van der Waals surface area contributed by atoms with Gasteiger partial charge < -0.3 is 9.64 Å². The van der Waals surface area contributed by atoms with Crippen LogP contribution in [0, 0.1) is 11.8 Å². The van der Waals surface area contributed by atoms with Gasteiger partial charge in [0.05, 0.1) is 13.0 Å². The number of carbonyl (C=O) groups excluding carboxylic acids is 1. The van der Waals surface area contributed by atoms with Crippen molar-refractivity contribution < 1.29 is 9.53 Å². The maximum absolute atomic E-state index is 12.2. The Morgan fingerprint density at radius 2 is 1.71 bits per heavy atom. The molecule has 114 valence electrons. The summed E-state index contributed by atoms with van der Waals surface area (Å²) >= 11 is 0. The van der Waals surface area contributed by atoms with Crippen molar-refractivity contribution in [1.29, 1.82) is 0 Å². The number of esters is 1. The molecular weight excluding hydrogens is 262 g/mol. The molecule has 3 nitrogen and oxygen atoms in total. The van der Waals surface area contributed by atoms with Crippen LogP contribution in [0.4, 0.5) is 0 Å². The fourth-order valence-electron chi connectivity index (χ4n) is 2.96. The molecule has 2 aliphatic rings. The maximum atomic E-state index is 12.2. The summed E-state index contributed by atoms with van der Waals surface area (Å²) in [5.41, 5.74) is 1.07. The molecule has 0 bridgehead atoms. The average Bonchev–Trinajstić information content (AvgIpc) is 3.41. The number of nitrogens with zero attached hydrogens (tertiary/aromatic N) is 1. The summed E-state index contributed by atoms with van der Waals surface area (Å²) in [5, 5.41) is 0. The second-order valence-corrected chi connectivity index (χ2v) is 6.59. The van der Waals surface area contributed by atoms with Gasteiger partial charge in [0.1, 0.15) is 0 Å². The van der Waals surface area contributed by atoms with Crippen molar-refractivity contribution in [2.75, 3.05) is 26.7 Å². The summed E-state index contributed by atoms with van der Waals surface area (Å²) in [5.74, 6) is 1.45. The summed E-state index contributed by atoms with van der Waals surface area (Å²) in [6, 6.07) is 10.1. The molecule has 0 N–H and O–H groups in total. The van der Waals surface area contributed by atoms with E-state index in [2.05, 4.69) is 4.90 Å². The Morgan fingerprint density at radius 3 is 2.19 bits per heavy atom. The van der Waals surface area contributed by atoms with Crippen LogP contribution in [-0.4, -0.2) is 37.6 Å². The molecule has 0 spiro atoms. The number of hydrogen-bond acceptors (Lipinski definition) is 3. The average molecular weight is 287 g/mol. The SMILES string of the molecule is COC(=O)C(CN(CC1CC1)CC1CC1)c1ccccc1. The van der Waals surface area contributed by atoms with Crippen LogP contribution in [0.2, 0.25) is 0 Å². The monoisotopic (exact) mass is 287 g/mol. The van der Waals surface area contributed by atoms with E-state index in [1.807, 2.05) is 30.3 Å². The zero-order chi connectivity index (χ0) is 14.7. The van der Waals surface area contributed by atoms with Crippen LogP contribution >= 0.6 is 0 Å². The topological polar surface area (TPSA) is 29.5 Å². The molecule has 0 amide bonds. The van der Waals surface area contributed by atoms with E-state index in [1.165, 1.54) is 32.8 Å². The predicted octanol–water partition coefficient (Wildman–Crippen LogP) is 3.07. The van der Waals surface area contributed by atoms with Crippen molar-refractivity contribution in [2.24, 2.45) is 11.8 Å². The van der Waals surface area contributed by atoms with E-state index in [1.54, 1.807) is 0 Å². The third kappa shape index (κ3) is 4.31. The molecule has 0 aliphatic heterocycles. The van der Waals surface area contributed by atoms with Crippen LogP contribution in [0.3, 0.4) is 0 Å². The first-order valence-corrected chi connectivity index (χ1v) is 8.11. The van der Waals surface area contributed by atoms with Crippen LogP contribution in [0.5, 0.6) is 0 Å². The van der Waals surface area contributed by atoms with Crippen molar-refractivity contribution in [1.82, 2.24) is 4.90 Å². The van der Waals surface area contributed by atoms with Gasteiger partial charge in [-0.05, 0) is 43.1 Å². The van der Waals surface area contributed by atoms with Crippen molar-refractivity contribution in [3.63, 3.8) is 0 Å². The van der Waals surface area contributed by atoms with Gasteiger partial charge in [-0.3, -0.25) is 4.79 Å². The number of carbonyl (C=O) groups is 1. The minimum absolute atomic E-state index is 0.113. The molecule has 0 heterocycles. The van der Waals surface area contributed by atoms with Gasteiger partial charge >= 0.3 is 5.97 Å². The molecule has 2 fully saturated rings. The largest absolute Gasteiger partial charge is 0.469 e. The van der Waals surface area contributed by atoms with E-state index >= 15 is 0 Å². The van der Waals surface area contributed by atoms with E-state index in [-0.39, 0.29) is 11.9 Å². The third-order valence-electron chi connectivity index (χ3n) is 4.56. The standard InChI is InChI=1S/C18H25NO2/c1-21-18(20)17(16-5-3-2-4-6-16)13-19(11-14-7-8-14)12-15-9-10-15/h2-6,14-15,17H,7-13H2,1H3. The molecule has 2 aliphatic carbocycles. The Hall–Kier alpha value is -1.35. The Kier molecular flexibility index (Phi) is 4.59. The highest BCUT2D eigenvalue weighted by atomic mass is 16.5. The Morgan fingerprint density at radius 1 is 1.14 bits per heavy atom. The quantitative estimate of drug-likeness (QED) is 0.688. The van der Waals surface area contributed by atoms with Crippen molar-refractivity contribution in [3.8, 4) is 0 Å². The highest BCUT2D eigenvalue weighted by Crippen LogP contribution is 2.34. The van der Waals surface area contributed by atoms with Crippen LogP contribution in [-0.2, 0) is 9.53 Å². The number of ether oxygens (including phenoxy) is 1. The minimum Gasteiger partial charge on any atom is -0.469 e. The Bertz CT molecular complexity index is 451. The lowest BCUT2D eigenvalue weighted by molar-refractivity contribution is -0.143. The first-order chi connectivity index (χ1) is 10.3. The van der Waals surface area contributed by atoms with Gasteiger partial charge in [-0.15, -0.1) is 0 Å². The summed E-state index contributed by atoms with van der Waals surface area (Å²) in [6.07, 6.45) is 5.43. The molecule has 21 heavy (non-hydrogen) atoms. The fraction of sp³-hybridized carbons (Fsp3) is 0.611. The number of hydrogen-bond donors (Lipinski definition) is 0. The van der Waals surface area contributed by atoms with Crippen molar-refractivity contribution in [2.45, 2.75) is 31.6 Å². The summed E-state index contributed by atoms with van der Waals surface area (Å²) in [6.45, 7) is 3.09. The second-order valence-electron chi connectivity index (χ2n) is 6.59. The summed E-state index contributed by atoms with van der Waals surface area (Å²) in [7, 11) is 1.49. The molecule has 3 rings (SSSR count). The second kappa shape index (κ2) is 6.61. The maximum Gasteiger partial charge on any atom is 0.314 e. The Balaban J connectivity index is 1.69. The van der Waals surface area contributed by atoms with Crippen LogP contribution in [0.15, 0.2) is 30.3 Å². The predicted molar refractivity (Wildman–Crippen MR) is 83.1 cm³/mol. The zero-order valence-corrected chi connectivity index (χ0v) is 12.8. The van der Waals surface area contributed by atoms with E-state index < -0.39 is 0 Å². The lowest BCUT2D eigenvalue weighted by Crippen LogP contribution is -2.35. The van der Waals surface area contributed by atoms with Crippen molar-refractivity contribution >= 4 is 5.97 Å². The minimum atomic E-state index is -0.159. The molecule has 2 saturated carbocycles. The molecule has 0 saturated heterocycles. The molecule has 0 radical (unpaired) electrons. The van der Waals surface area contributed by atoms with Crippen molar-refractivity contribution in [3.05, 3.63) is 35.9 Å². The molecule has 1 aromatic carbocycles. The van der Waals surface area contributed by atoms with E-state index in [0.29, 0.717) is 0 Å². The highest BCUT2D eigenvalue weighted by molar-refractivity contribution is 5.78. The Labute approximate surface area is 127 Å².